The minimum atomic E-state index is 1.16. The summed E-state index contributed by atoms with van der Waals surface area (Å²) in [4.78, 5) is 0. The maximum Gasteiger partial charge on any atom is 0.0641 e. The second-order valence-corrected chi connectivity index (χ2v) is 38.2. The van der Waals surface area contributed by atoms with E-state index in [4.69, 9.17) is 0 Å². The molecule has 0 saturated carbocycles. The minimum absolute atomic E-state index is 1.16. The van der Waals surface area contributed by atoms with E-state index in [9.17, 15) is 0 Å². The van der Waals surface area contributed by atoms with Crippen molar-refractivity contribution in [2.24, 2.45) is 0 Å². The Morgan fingerprint density at radius 1 is 0.109 bits per heavy atom. The topological polar surface area (TPSA) is 39.4 Å². The fourth-order valence-corrected chi connectivity index (χ4v) is 23.6. The lowest BCUT2D eigenvalue weighted by Gasteiger charge is -2.11. The summed E-state index contributed by atoms with van der Waals surface area (Å²) in [6, 6.07) is 199. The van der Waals surface area contributed by atoms with Gasteiger partial charge in [0.15, 0.2) is 0 Å². The first kappa shape index (κ1) is 85.4. The molecule has 0 N–H and O–H groups in total. The zero-order valence-electron chi connectivity index (χ0n) is 80.6. The standard InChI is InChI=1S/C42H28N2.C36H24N2.C31H22N2.C30H20N2/c1-3-12-29(13-4-1)31-22-24-33(25-23-31)43-37-20-9-7-18-35(37)41-39(43)26-27-40-42(41)36-19-8-10-21-38(36)44(40)34-17-11-16-32(28-34)30-14-5-2-6-15-30;1-3-12-25(13-4-1)26-14-11-17-28(24-26)38-32-21-10-8-19-30(32)36-34(38)23-22-33-35(36)29-18-7-9-20-31(29)37(33)27-15-5-2-6-16-27;1-21-15-17-23(18-16-21)33-27-13-7-5-11-24(27)25-19-20-29-30(31(25)33)26-12-6-8-14-28(26)32(29)22-9-3-2-4-10-22;1-3-11-21(12-4-1)31-27-18-10-8-16-25(27)29-28(31)20-19-24-23-15-7-9-17-26(23)32(30(24)29)22-13-5-2-6-14-22/h1-28H;1-24H;2-20H,1H3;1-20H. The van der Waals surface area contributed by atoms with Gasteiger partial charge in [0.1, 0.15) is 0 Å². The van der Waals surface area contributed by atoms with Gasteiger partial charge in [-0.15, -0.1) is 0 Å². The predicted molar refractivity (Wildman–Crippen MR) is 622 cm³/mol. The van der Waals surface area contributed by atoms with Crippen molar-refractivity contribution in [3.8, 4) is 78.9 Å². The van der Waals surface area contributed by atoms with Crippen LogP contribution in [0.5, 0.6) is 0 Å². The lowest BCUT2D eigenvalue weighted by Crippen LogP contribution is -1.95. The van der Waals surface area contributed by atoms with Gasteiger partial charge in [-0.05, 0) is 222 Å². The molecule has 147 heavy (non-hydrogen) atoms. The SMILES string of the molecule is Cc1ccc(-n2c3ccccc3c3ccc4c(c5ccccc5n4-c4ccccc4)c32)cc1.c1ccc(-c2ccc(-n3c4ccccc4c4c5c6ccccc6n(-c6cccc(-c7ccccc7)c6)c5ccc43)cc2)cc1.c1ccc(-c2cccc(-n3c4ccccc4c4c5c6ccccc6n(-c6ccccc6)c5ccc43)c2)cc1.c1ccc(-n2c3ccccc3c3c2ccc2c4ccccc4n(-c4ccccc4)c23)cc1. The molecule has 8 nitrogen and oxygen atoms in total. The fraction of sp³-hybridized carbons (Fsp3) is 0.00719. The fourth-order valence-electron chi connectivity index (χ4n) is 23.6. The van der Waals surface area contributed by atoms with Crippen LogP contribution in [0.4, 0.5) is 0 Å². The summed E-state index contributed by atoms with van der Waals surface area (Å²) in [5.74, 6) is 0. The molecule has 0 fully saturated rings. The van der Waals surface area contributed by atoms with E-state index < -0.39 is 0 Å². The molecule has 8 heteroatoms. The molecule has 8 aromatic heterocycles. The Balaban J connectivity index is 0.0000000954. The number of benzene rings is 23. The van der Waals surface area contributed by atoms with E-state index in [1.165, 1.54) is 248 Å². The number of aromatic nitrogens is 8. The molecule has 0 bridgehead atoms. The van der Waals surface area contributed by atoms with Crippen LogP contribution < -0.4 is 0 Å². The van der Waals surface area contributed by atoms with Crippen LogP contribution in [0.25, 0.3) is 253 Å². The van der Waals surface area contributed by atoms with Crippen molar-refractivity contribution in [1.29, 1.82) is 0 Å². The monoisotopic (exact) mass is 1870 g/mol. The number of aryl methyl sites for hydroxylation is 1. The molecule has 0 atom stereocenters. The first-order valence-corrected chi connectivity index (χ1v) is 50.5. The van der Waals surface area contributed by atoms with Crippen LogP contribution in [0.2, 0.25) is 0 Å². The molecule has 31 aromatic rings. The van der Waals surface area contributed by atoms with Crippen molar-refractivity contribution < 1.29 is 0 Å². The zero-order valence-corrected chi connectivity index (χ0v) is 80.6. The van der Waals surface area contributed by atoms with Crippen molar-refractivity contribution in [1.82, 2.24) is 36.5 Å². The van der Waals surface area contributed by atoms with E-state index in [1.54, 1.807) is 0 Å². The third kappa shape index (κ3) is 14.1. The number of fused-ring (bicyclic) bond motifs is 28. The van der Waals surface area contributed by atoms with E-state index >= 15 is 0 Å². The molecule has 0 aliphatic carbocycles. The summed E-state index contributed by atoms with van der Waals surface area (Å²) in [5.41, 5.74) is 37.7. The molecule has 31 rings (SSSR count). The number of hydrogen-bond acceptors (Lipinski definition) is 0. The third-order valence-corrected chi connectivity index (χ3v) is 29.9. The molecule has 690 valence electrons. The van der Waals surface area contributed by atoms with Crippen molar-refractivity contribution in [3.63, 3.8) is 0 Å². The van der Waals surface area contributed by atoms with Gasteiger partial charge in [0.05, 0.1) is 88.3 Å². The molecule has 0 aliphatic rings. The van der Waals surface area contributed by atoms with Crippen molar-refractivity contribution >= 4 is 174 Å². The van der Waals surface area contributed by atoms with Gasteiger partial charge in [0, 0.05) is 132 Å². The highest BCUT2D eigenvalue weighted by molar-refractivity contribution is 6.32. The summed E-state index contributed by atoms with van der Waals surface area (Å²) in [7, 11) is 0. The minimum Gasteiger partial charge on any atom is -0.309 e. The Bertz CT molecular complexity index is 10500. The van der Waals surface area contributed by atoms with Gasteiger partial charge < -0.3 is 36.5 Å². The van der Waals surface area contributed by atoms with Gasteiger partial charge >= 0.3 is 0 Å². The largest absolute Gasteiger partial charge is 0.309 e. The number of rotatable bonds is 11. The number of para-hydroxylation sites is 12. The molecular formula is C139H94N8. The van der Waals surface area contributed by atoms with Crippen LogP contribution in [-0.4, -0.2) is 36.5 Å². The Hall–Kier alpha value is -19.5. The first-order valence-electron chi connectivity index (χ1n) is 50.5. The van der Waals surface area contributed by atoms with Crippen molar-refractivity contribution in [2.75, 3.05) is 0 Å². The van der Waals surface area contributed by atoms with E-state index in [1.807, 2.05) is 0 Å². The van der Waals surface area contributed by atoms with Gasteiger partial charge in [-0.3, -0.25) is 0 Å². The Morgan fingerprint density at radius 2 is 0.299 bits per heavy atom. The van der Waals surface area contributed by atoms with Gasteiger partial charge in [-0.1, -0.05) is 376 Å². The van der Waals surface area contributed by atoms with E-state index in [-0.39, 0.29) is 0 Å². The van der Waals surface area contributed by atoms with E-state index in [2.05, 4.69) is 595 Å². The molecule has 0 radical (unpaired) electrons. The highest BCUT2D eigenvalue weighted by Gasteiger charge is 2.28. The highest BCUT2D eigenvalue weighted by atomic mass is 15.1. The van der Waals surface area contributed by atoms with Crippen LogP contribution in [0.1, 0.15) is 5.56 Å². The molecule has 23 aromatic carbocycles. The summed E-state index contributed by atoms with van der Waals surface area (Å²) >= 11 is 0. The van der Waals surface area contributed by atoms with Gasteiger partial charge in [0.2, 0.25) is 0 Å². The van der Waals surface area contributed by atoms with Gasteiger partial charge in [-0.25, -0.2) is 0 Å². The average molecular weight is 1880 g/mol. The third-order valence-electron chi connectivity index (χ3n) is 29.9. The van der Waals surface area contributed by atoms with Crippen LogP contribution in [0.15, 0.2) is 552 Å². The van der Waals surface area contributed by atoms with Crippen LogP contribution in [0, 0.1) is 6.92 Å². The van der Waals surface area contributed by atoms with E-state index in [0.717, 1.165) is 11.4 Å². The quantitative estimate of drug-likeness (QED) is 0.124. The van der Waals surface area contributed by atoms with Gasteiger partial charge in [-0.2, -0.15) is 0 Å². The number of nitrogens with zero attached hydrogens (tertiary/aromatic N) is 8. The molecule has 0 unspecified atom stereocenters. The normalized spacial score (nSPS) is 11.7. The Morgan fingerprint density at radius 3 is 0.605 bits per heavy atom. The van der Waals surface area contributed by atoms with E-state index in [0.29, 0.717) is 0 Å². The molecule has 0 spiro atoms. The lowest BCUT2D eigenvalue weighted by atomic mass is 10.0. The summed E-state index contributed by atoms with van der Waals surface area (Å²) in [6.45, 7) is 2.14. The Labute approximate surface area is 848 Å². The molecular weight excluding hydrogens is 1780 g/mol. The molecule has 0 aliphatic heterocycles. The maximum absolute atomic E-state index is 2.44. The first-order chi connectivity index (χ1) is 73.0. The molecule has 0 amide bonds. The predicted octanol–water partition coefficient (Wildman–Crippen LogP) is 36.8. The maximum atomic E-state index is 2.44. The Kier molecular flexibility index (Phi) is 20.7. The average Bonchev–Trinajstić information content (AvgIpc) is 1.56. The second kappa shape index (κ2) is 35.6. The molecule has 8 heterocycles. The number of hydrogen-bond donors (Lipinski definition) is 0. The summed E-state index contributed by atoms with van der Waals surface area (Å²) < 4.78 is 19.3. The highest BCUT2D eigenvalue weighted by Crippen LogP contribution is 2.49. The van der Waals surface area contributed by atoms with Crippen LogP contribution in [0.3, 0.4) is 0 Å². The van der Waals surface area contributed by atoms with Crippen LogP contribution >= 0.6 is 0 Å². The van der Waals surface area contributed by atoms with Crippen LogP contribution in [-0.2, 0) is 0 Å². The molecule has 0 saturated heterocycles. The lowest BCUT2D eigenvalue weighted by molar-refractivity contribution is 1.17. The van der Waals surface area contributed by atoms with Crippen molar-refractivity contribution in [3.05, 3.63) is 558 Å². The summed E-state index contributed by atoms with van der Waals surface area (Å²) in [5, 5.41) is 20.5. The zero-order chi connectivity index (χ0) is 97.1. The van der Waals surface area contributed by atoms with Crippen molar-refractivity contribution in [2.45, 2.75) is 6.92 Å². The second-order valence-electron chi connectivity index (χ2n) is 38.2. The smallest absolute Gasteiger partial charge is 0.0641 e. The summed E-state index contributed by atoms with van der Waals surface area (Å²) in [6.07, 6.45) is 0. The van der Waals surface area contributed by atoms with Gasteiger partial charge in [0.25, 0.3) is 0 Å².